The van der Waals surface area contributed by atoms with Gasteiger partial charge in [0.25, 0.3) is 0 Å². The van der Waals surface area contributed by atoms with Gasteiger partial charge in [-0.05, 0) is 121 Å². The minimum absolute atomic E-state index is 0.483. The number of rotatable bonds is 12. The first kappa shape index (κ1) is 28.9. The Labute approximate surface area is 245 Å². The highest BCUT2D eigenvalue weighted by atomic mass is 16.5. The molecule has 4 heteroatoms. The van der Waals surface area contributed by atoms with Gasteiger partial charge in [-0.3, -0.25) is 0 Å². The molecule has 4 aromatic rings. The zero-order chi connectivity index (χ0) is 29.0. The van der Waals surface area contributed by atoms with Gasteiger partial charge >= 0.3 is 0 Å². The highest BCUT2D eigenvalue weighted by Gasteiger charge is 2.49. The Hall–Kier alpha value is -3.60. The summed E-state index contributed by atoms with van der Waals surface area (Å²) >= 11 is 0. The molecule has 0 unspecified atom stereocenters. The van der Waals surface area contributed by atoms with E-state index >= 15 is 0 Å². The van der Waals surface area contributed by atoms with Crippen molar-refractivity contribution in [2.75, 3.05) is 39.6 Å². The fourth-order valence-electron chi connectivity index (χ4n) is 6.82. The van der Waals surface area contributed by atoms with Gasteiger partial charge in [0.2, 0.25) is 0 Å². The third-order valence-electron chi connectivity index (χ3n) is 8.12. The zero-order valence-corrected chi connectivity index (χ0v) is 25.3. The molecule has 5 rings (SSSR count). The van der Waals surface area contributed by atoms with Crippen LogP contribution in [-0.4, -0.2) is 39.6 Å². The van der Waals surface area contributed by atoms with Crippen LogP contribution in [0.1, 0.15) is 58.4 Å². The Bertz CT molecular complexity index is 1360. The first-order valence-corrected chi connectivity index (χ1v) is 14.8. The van der Waals surface area contributed by atoms with Gasteiger partial charge in [0.1, 0.15) is 24.7 Å². The average Bonchev–Trinajstić information content (AvgIpc) is 3.24. The van der Waals surface area contributed by atoms with Crippen LogP contribution in [0.25, 0.3) is 11.1 Å². The largest absolute Gasteiger partial charge is 0.491 e. The molecule has 4 aromatic carbocycles. The molecule has 0 atom stereocenters. The third-order valence-corrected chi connectivity index (χ3v) is 8.12. The summed E-state index contributed by atoms with van der Waals surface area (Å²) in [6.45, 7) is 16.5. The Morgan fingerprint density at radius 2 is 0.878 bits per heavy atom. The van der Waals surface area contributed by atoms with E-state index in [4.69, 9.17) is 18.9 Å². The van der Waals surface area contributed by atoms with Crippen molar-refractivity contribution in [1.82, 2.24) is 0 Å². The minimum Gasteiger partial charge on any atom is -0.491 e. The van der Waals surface area contributed by atoms with Gasteiger partial charge in [-0.25, -0.2) is 0 Å². The lowest BCUT2D eigenvalue weighted by Crippen LogP contribution is -2.32. The fraction of sp³-hybridized carbons (Fsp3) is 0.351. The zero-order valence-electron chi connectivity index (χ0n) is 25.3. The van der Waals surface area contributed by atoms with Gasteiger partial charge < -0.3 is 18.9 Å². The predicted octanol–water partition coefficient (Wildman–Crippen LogP) is 8.11. The number of aryl methyl sites for hydroxylation is 4. The van der Waals surface area contributed by atoms with E-state index in [1.165, 1.54) is 55.6 Å². The molecule has 0 saturated heterocycles. The Balaban J connectivity index is 1.73. The van der Waals surface area contributed by atoms with Crippen molar-refractivity contribution < 1.29 is 18.9 Å². The quantitative estimate of drug-likeness (QED) is 0.147. The normalized spacial score (nSPS) is 13.1. The molecule has 1 aliphatic carbocycles. The van der Waals surface area contributed by atoms with Crippen LogP contribution in [0.3, 0.4) is 0 Å². The smallest absolute Gasteiger partial charge is 0.119 e. The third kappa shape index (κ3) is 5.27. The predicted molar refractivity (Wildman–Crippen MR) is 167 cm³/mol. The van der Waals surface area contributed by atoms with E-state index in [0.29, 0.717) is 39.6 Å². The molecular formula is C37H42O4. The van der Waals surface area contributed by atoms with Crippen LogP contribution >= 0.6 is 0 Å². The van der Waals surface area contributed by atoms with Crippen LogP contribution in [0.2, 0.25) is 0 Å². The molecule has 4 nitrogen and oxygen atoms in total. The maximum absolute atomic E-state index is 6.13. The molecule has 0 spiro atoms. The van der Waals surface area contributed by atoms with Gasteiger partial charge in [-0.1, -0.05) is 48.5 Å². The second kappa shape index (κ2) is 12.5. The number of ether oxygens (including phenoxy) is 4. The van der Waals surface area contributed by atoms with Gasteiger partial charge in [0.05, 0.1) is 18.6 Å². The summed E-state index contributed by atoms with van der Waals surface area (Å²) in [5.74, 6) is 1.76. The van der Waals surface area contributed by atoms with Crippen molar-refractivity contribution in [3.8, 4) is 22.6 Å². The molecule has 0 fully saturated rings. The molecule has 0 aliphatic heterocycles. The number of benzene rings is 4. The van der Waals surface area contributed by atoms with Crippen molar-refractivity contribution in [2.24, 2.45) is 0 Å². The first-order valence-electron chi connectivity index (χ1n) is 14.8. The van der Waals surface area contributed by atoms with Crippen molar-refractivity contribution >= 4 is 0 Å². The molecule has 0 saturated carbocycles. The van der Waals surface area contributed by atoms with Gasteiger partial charge in [0, 0.05) is 13.2 Å². The standard InChI is InChI=1S/C37H42O4/c1-7-38-17-19-40-29-21-25(3)35(26(4)22-29)37(33-15-11-9-13-31(33)32-14-10-12-16-34(32)37)36-27(5)23-30(24-28(36)6)41-20-18-39-8-2/h9-16,21-24H,7-8,17-20H2,1-6H3. The van der Waals surface area contributed by atoms with Crippen LogP contribution < -0.4 is 9.47 Å². The molecule has 0 amide bonds. The topological polar surface area (TPSA) is 36.9 Å². The molecule has 0 aromatic heterocycles. The van der Waals surface area contributed by atoms with Crippen LogP contribution in [0, 0.1) is 27.7 Å². The SMILES string of the molecule is CCOCCOc1cc(C)c(C2(c3c(C)cc(OCCOCC)cc3C)c3ccccc3-c3ccccc32)c(C)c1. The summed E-state index contributed by atoms with van der Waals surface area (Å²) in [6.07, 6.45) is 0. The lowest BCUT2D eigenvalue weighted by Gasteiger charge is -2.39. The fourth-order valence-corrected chi connectivity index (χ4v) is 6.82. The summed E-state index contributed by atoms with van der Waals surface area (Å²) in [4.78, 5) is 0. The summed E-state index contributed by atoms with van der Waals surface area (Å²) in [5.41, 5.74) is 12.2. The molecular weight excluding hydrogens is 508 g/mol. The second-order valence-corrected chi connectivity index (χ2v) is 10.8. The minimum atomic E-state index is -0.483. The van der Waals surface area contributed by atoms with E-state index in [1.807, 2.05) is 13.8 Å². The molecule has 1 aliphatic rings. The van der Waals surface area contributed by atoms with E-state index in [0.717, 1.165) is 11.5 Å². The Kier molecular flexibility index (Phi) is 8.82. The molecule has 0 bridgehead atoms. The summed E-state index contributed by atoms with van der Waals surface area (Å²) in [7, 11) is 0. The van der Waals surface area contributed by atoms with Crippen molar-refractivity contribution in [3.05, 3.63) is 117 Å². The summed E-state index contributed by atoms with van der Waals surface area (Å²) in [5, 5.41) is 0. The maximum atomic E-state index is 6.13. The van der Waals surface area contributed by atoms with Gasteiger partial charge in [-0.15, -0.1) is 0 Å². The number of fused-ring (bicyclic) bond motifs is 3. The first-order chi connectivity index (χ1) is 19.9. The van der Waals surface area contributed by atoms with Crippen LogP contribution in [0.5, 0.6) is 11.5 Å². The van der Waals surface area contributed by atoms with Crippen LogP contribution in [-0.2, 0) is 14.9 Å². The Morgan fingerprint density at radius 3 is 1.24 bits per heavy atom. The molecule has 0 N–H and O–H groups in total. The van der Waals surface area contributed by atoms with E-state index in [1.54, 1.807) is 0 Å². The Morgan fingerprint density at radius 1 is 0.512 bits per heavy atom. The monoisotopic (exact) mass is 550 g/mol. The highest BCUT2D eigenvalue weighted by molar-refractivity contribution is 5.87. The van der Waals surface area contributed by atoms with E-state index < -0.39 is 5.41 Å². The van der Waals surface area contributed by atoms with Crippen LogP contribution in [0.4, 0.5) is 0 Å². The van der Waals surface area contributed by atoms with Gasteiger partial charge in [0.15, 0.2) is 0 Å². The molecule has 41 heavy (non-hydrogen) atoms. The van der Waals surface area contributed by atoms with Gasteiger partial charge in [-0.2, -0.15) is 0 Å². The maximum Gasteiger partial charge on any atom is 0.119 e. The van der Waals surface area contributed by atoms with E-state index in [9.17, 15) is 0 Å². The highest BCUT2D eigenvalue weighted by Crippen LogP contribution is 2.59. The van der Waals surface area contributed by atoms with Crippen molar-refractivity contribution in [3.63, 3.8) is 0 Å². The molecule has 214 valence electrons. The van der Waals surface area contributed by atoms with Crippen molar-refractivity contribution in [2.45, 2.75) is 47.0 Å². The molecule has 0 radical (unpaired) electrons. The average molecular weight is 551 g/mol. The molecule has 0 heterocycles. The van der Waals surface area contributed by atoms with Crippen molar-refractivity contribution in [1.29, 1.82) is 0 Å². The van der Waals surface area contributed by atoms with E-state index in [2.05, 4.69) is 100 Å². The number of hydrogen-bond acceptors (Lipinski definition) is 4. The lowest BCUT2D eigenvalue weighted by molar-refractivity contribution is 0.110. The van der Waals surface area contributed by atoms with Crippen LogP contribution in [0.15, 0.2) is 72.8 Å². The second-order valence-electron chi connectivity index (χ2n) is 10.8. The summed E-state index contributed by atoms with van der Waals surface area (Å²) in [6, 6.07) is 26.6. The lowest BCUT2D eigenvalue weighted by atomic mass is 9.63. The van der Waals surface area contributed by atoms with E-state index in [-0.39, 0.29) is 0 Å². The summed E-state index contributed by atoms with van der Waals surface area (Å²) < 4.78 is 23.3. The number of hydrogen-bond donors (Lipinski definition) is 0.